The fourth-order valence-electron chi connectivity index (χ4n) is 3.63. The van der Waals surface area contributed by atoms with E-state index in [1.165, 1.54) is 0 Å². The van der Waals surface area contributed by atoms with Crippen molar-refractivity contribution < 1.29 is 51.1 Å². The van der Waals surface area contributed by atoms with Crippen molar-refractivity contribution in [2.75, 3.05) is 18.4 Å². The van der Waals surface area contributed by atoms with E-state index in [4.69, 9.17) is 23.2 Å². The SMILES string of the molecule is ClCCl.[O-]C1=NCCCC1.[O-]C1=NCCCC1.[Pd+2].[Pd+2].[c-]1ccccc1C=Nc1ccccc1.[c-]1ccccc1C=Nc1ccccc1. The maximum absolute atomic E-state index is 10.3. The summed E-state index contributed by atoms with van der Waals surface area (Å²) in [4.78, 5) is 16.0. The molecule has 2 aliphatic rings. The van der Waals surface area contributed by atoms with E-state index in [1.54, 1.807) is 0 Å². The smallest absolute Gasteiger partial charge is 0.862 e. The van der Waals surface area contributed by atoms with E-state index < -0.39 is 0 Å². The molecule has 2 aliphatic heterocycles. The molecule has 0 amide bonds. The first kappa shape index (κ1) is 44.1. The van der Waals surface area contributed by atoms with E-state index in [2.05, 4.69) is 32.1 Å². The summed E-state index contributed by atoms with van der Waals surface area (Å²) in [6.07, 6.45) is 9.28. The maximum Gasteiger partial charge on any atom is 2.00 e. The Morgan fingerprint density at radius 2 is 0.936 bits per heavy atom. The van der Waals surface area contributed by atoms with E-state index >= 15 is 0 Å². The fraction of sp³-hybridized carbons (Fsp3) is 0.243. The van der Waals surface area contributed by atoms with Crippen molar-refractivity contribution in [3.63, 3.8) is 0 Å². The molecule has 10 heteroatoms. The van der Waals surface area contributed by atoms with Crippen LogP contribution in [0.4, 0.5) is 11.4 Å². The number of halogens is 2. The topological polar surface area (TPSA) is 95.6 Å². The van der Waals surface area contributed by atoms with Crippen LogP contribution in [0.3, 0.4) is 0 Å². The van der Waals surface area contributed by atoms with Crippen LogP contribution in [0, 0.1) is 12.1 Å². The zero-order valence-corrected chi connectivity index (χ0v) is 30.5. The molecule has 0 atom stereocenters. The number of rotatable bonds is 4. The molecule has 2 heterocycles. The second-order valence-corrected chi connectivity index (χ2v) is 10.2. The average molecular weight is 854 g/mol. The van der Waals surface area contributed by atoms with Crippen molar-refractivity contribution in [3.05, 3.63) is 132 Å². The molecule has 0 saturated heterocycles. The van der Waals surface area contributed by atoms with Crippen LogP contribution in [-0.2, 0) is 40.8 Å². The maximum atomic E-state index is 10.3. The zero-order chi connectivity index (χ0) is 32.2. The third-order valence-electron chi connectivity index (χ3n) is 5.86. The van der Waals surface area contributed by atoms with Gasteiger partial charge in [-0.25, -0.2) is 0 Å². The zero-order valence-electron chi connectivity index (χ0n) is 25.9. The summed E-state index contributed by atoms with van der Waals surface area (Å²) in [6, 6.07) is 41.5. The van der Waals surface area contributed by atoms with Crippen molar-refractivity contribution in [1.29, 1.82) is 0 Å². The summed E-state index contributed by atoms with van der Waals surface area (Å²) in [5.74, 6) is 0.178. The third-order valence-corrected chi connectivity index (χ3v) is 5.86. The summed E-state index contributed by atoms with van der Waals surface area (Å²) in [7, 11) is 0. The number of alkyl halides is 2. The van der Waals surface area contributed by atoms with Crippen LogP contribution in [0.2, 0.25) is 0 Å². The Hall–Kier alpha value is -2.94. The number of para-hydroxylation sites is 2. The molecule has 4 aromatic carbocycles. The Balaban J connectivity index is 0.000000600. The molecule has 4 aromatic rings. The van der Waals surface area contributed by atoms with Crippen LogP contribution in [-0.4, -0.2) is 42.7 Å². The Morgan fingerprint density at radius 3 is 1.19 bits per heavy atom. The van der Waals surface area contributed by atoms with Crippen molar-refractivity contribution in [1.82, 2.24) is 0 Å². The van der Waals surface area contributed by atoms with Gasteiger partial charge in [0.15, 0.2) is 0 Å². The Kier molecular flexibility index (Phi) is 28.5. The van der Waals surface area contributed by atoms with Crippen molar-refractivity contribution in [3.8, 4) is 0 Å². The van der Waals surface area contributed by atoms with Gasteiger partial charge < -0.3 is 30.2 Å². The van der Waals surface area contributed by atoms with Crippen molar-refractivity contribution in [2.45, 2.75) is 38.5 Å². The summed E-state index contributed by atoms with van der Waals surface area (Å²) >= 11 is 9.53. The molecule has 0 fully saturated rings. The number of nitrogens with zero attached hydrogens (tertiary/aromatic N) is 4. The molecular weight excluding hydrogens is 816 g/mol. The molecule has 6 rings (SSSR count). The summed E-state index contributed by atoms with van der Waals surface area (Å²) < 4.78 is 0. The van der Waals surface area contributed by atoms with Gasteiger partial charge in [-0.05, 0) is 87.0 Å². The number of benzene rings is 4. The molecule has 0 radical (unpaired) electrons. The van der Waals surface area contributed by atoms with Crippen molar-refractivity contribution >= 4 is 58.8 Å². The van der Waals surface area contributed by atoms with Crippen molar-refractivity contribution in [2.24, 2.45) is 20.0 Å². The molecule has 0 bridgehead atoms. The van der Waals surface area contributed by atoms with E-state index in [0.29, 0.717) is 12.8 Å². The van der Waals surface area contributed by atoms with E-state index in [1.807, 2.05) is 122 Å². The quantitative estimate of drug-likeness (QED) is 0.0910. The first-order valence-electron chi connectivity index (χ1n) is 14.7. The number of aliphatic imine (C=N–C) groups is 4. The second-order valence-electron chi connectivity index (χ2n) is 9.39. The van der Waals surface area contributed by atoms with Gasteiger partial charge in [-0.15, -0.1) is 95.0 Å². The van der Waals surface area contributed by atoms with Gasteiger partial charge in [0.1, 0.15) is 0 Å². The van der Waals surface area contributed by atoms with Crippen LogP contribution < -0.4 is 10.2 Å². The van der Waals surface area contributed by atoms with Gasteiger partial charge in [-0.3, -0.25) is 0 Å². The molecule has 0 unspecified atom stereocenters. The van der Waals surface area contributed by atoms with Gasteiger partial charge in [-0.2, -0.15) is 0 Å². The predicted molar refractivity (Wildman–Crippen MR) is 187 cm³/mol. The van der Waals surface area contributed by atoms with E-state index in [9.17, 15) is 10.2 Å². The first-order chi connectivity index (χ1) is 22.1. The molecule has 252 valence electrons. The molecule has 0 aliphatic carbocycles. The monoisotopic (exact) mass is 852 g/mol. The van der Waals surface area contributed by atoms with Gasteiger partial charge in [0.25, 0.3) is 0 Å². The van der Waals surface area contributed by atoms with Crippen LogP contribution in [0.25, 0.3) is 0 Å². The Bertz CT molecular complexity index is 1220. The summed E-state index contributed by atoms with van der Waals surface area (Å²) in [5, 5.41) is 20.8. The third kappa shape index (κ3) is 24.0. The molecule has 6 nitrogen and oxygen atoms in total. The van der Waals surface area contributed by atoms with Crippen LogP contribution >= 0.6 is 23.2 Å². The molecular formula is C37H38Cl2N4O2Pd2. The van der Waals surface area contributed by atoms with Crippen LogP contribution in [0.5, 0.6) is 0 Å². The van der Waals surface area contributed by atoms with Gasteiger partial charge in [0, 0.05) is 13.1 Å². The Labute approximate surface area is 317 Å². The minimum atomic E-state index is 0. The average Bonchev–Trinajstić information content (AvgIpc) is 3.10. The fourth-order valence-corrected chi connectivity index (χ4v) is 3.63. The molecule has 0 spiro atoms. The van der Waals surface area contributed by atoms with Crippen LogP contribution in [0.1, 0.15) is 49.7 Å². The molecule has 0 aromatic heterocycles. The van der Waals surface area contributed by atoms with Gasteiger partial charge in [-0.1, -0.05) is 36.4 Å². The van der Waals surface area contributed by atoms with Gasteiger partial charge >= 0.3 is 40.8 Å². The van der Waals surface area contributed by atoms with E-state index in [0.717, 1.165) is 61.3 Å². The van der Waals surface area contributed by atoms with Gasteiger partial charge in [0.2, 0.25) is 0 Å². The largest absolute Gasteiger partial charge is 2.00 e. The minimum Gasteiger partial charge on any atom is -0.862 e. The first-order valence-corrected chi connectivity index (χ1v) is 15.8. The van der Waals surface area contributed by atoms with E-state index in [-0.39, 0.29) is 58.0 Å². The normalized spacial score (nSPS) is 13.1. The second kappa shape index (κ2) is 30.4. The molecule has 0 saturated carbocycles. The standard InChI is InChI=1S/2C13H10N.2C5H9NO.CH2Cl2.2Pd/c2*1-3-7-12(8-4-1)11-14-13-9-5-2-6-10-13;2*7-5-3-1-2-4-6-5;2-1-3;;/h2*1-7,9-11H;2*1-4H2,(H,6,7);1H2;;/q2*-1;;;;2*+2/p-2. The minimum absolute atomic E-state index is 0. The Morgan fingerprint density at radius 1 is 0.574 bits per heavy atom. The predicted octanol–water partition coefficient (Wildman–Crippen LogP) is 7.75. The van der Waals surface area contributed by atoms with Gasteiger partial charge in [0.05, 0.1) is 16.7 Å². The summed E-state index contributed by atoms with van der Waals surface area (Å²) in [6.45, 7) is 1.53. The molecule has 47 heavy (non-hydrogen) atoms. The number of hydrogen-bond donors (Lipinski definition) is 0. The molecule has 0 N–H and O–H groups in total. The number of hydrogen-bond acceptors (Lipinski definition) is 6. The summed E-state index contributed by atoms with van der Waals surface area (Å²) in [5.41, 5.74) is 3.92. The van der Waals surface area contributed by atoms with Crippen LogP contribution in [0.15, 0.2) is 129 Å².